The second-order valence-electron chi connectivity index (χ2n) is 6.08. The van der Waals surface area contributed by atoms with E-state index in [0.717, 1.165) is 11.3 Å². The average Bonchev–Trinajstić information content (AvgIpc) is 3.00. The molecule has 1 aromatic heterocycles. The van der Waals surface area contributed by atoms with Crippen molar-refractivity contribution in [2.24, 2.45) is 7.05 Å². The summed E-state index contributed by atoms with van der Waals surface area (Å²) in [5.74, 6) is -0.455. The number of aliphatic hydroxyl groups is 1. The molecule has 2 heterocycles. The minimum Gasteiger partial charge on any atom is -0.391 e. The van der Waals surface area contributed by atoms with Crippen LogP contribution in [-0.4, -0.2) is 38.3 Å². The minimum absolute atomic E-state index is 0.140. The Morgan fingerprint density at radius 1 is 1.30 bits per heavy atom. The number of carbonyl (C=O) groups is 1. The molecule has 0 radical (unpaired) electrons. The van der Waals surface area contributed by atoms with E-state index in [2.05, 4.69) is 5.10 Å². The quantitative estimate of drug-likeness (QED) is 0.923. The maximum Gasteiger partial charge on any atom is 0.258 e. The van der Waals surface area contributed by atoms with Crippen LogP contribution in [0.4, 0.5) is 4.39 Å². The molecule has 0 unspecified atom stereocenters. The van der Waals surface area contributed by atoms with E-state index in [9.17, 15) is 14.3 Å². The van der Waals surface area contributed by atoms with Gasteiger partial charge in [0.1, 0.15) is 5.82 Å². The van der Waals surface area contributed by atoms with E-state index in [0.29, 0.717) is 17.7 Å². The first-order valence-electron chi connectivity index (χ1n) is 7.63. The van der Waals surface area contributed by atoms with Crippen molar-refractivity contribution < 1.29 is 14.3 Å². The molecule has 1 saturated heterocycles. The topological polar surface area (TPSA) is 58.4 Å². The third-order valence-corrected chi connectivity index (χ3v) is 4.52. The molecule has 1 aliphatic heterocycles. The molecule has 2 atom stereocenters. The lowest BCUT2D eigenvalue weighted by Gasteiger charge is -2.25. The van der Waals surface area contributed by atoms with E-state index in [1.54, 1.807) is 35.7 Å². The molecule has 1 N–H and O–H groups in total. The van der Waals surface area contributed by atoms with Crippen molar-refractivity contribution in [1.29, 1.82) is 0 Å². The maximum atomic E-state index is 13.1. The summed E-state index contributed by atoms with van der Waals surface area (Å²) in [6.07, 6.45) is -0.123. The van der Waals surface area contributed by atoms with Crippen molar-refractivity contribution in [2.45, 2.75) is 32.4 Å². The zero-order chi connectivity index (χ0) is 16.7. The molecule has 1 aromatic carbocycles. The number of aryl methyl sites for hydroxylation is 2. The van der Waals surface area contributed by atoms with Gasteiger partial charge in [-0.15, -0.1) is 0 Å². The summed E-state index contributed by atoms with van der Waals surface area (Å²) in [5.41, 5.74) is 2.88. The van der Waals surface area contributed by atoms with Gasteiger partial charge in [-0.2, -0.15) is 5.10 Å². The minimum atomic E-state index is -0.578. The van der Waals surface area contributed by atoms with Crippen LogP contribution in [0.3, 0.4) is 0 Å². The van der Waals surface area contributed by atoms with Gasteiger partial charge in [0.05, 0.1) is 23.4 Å². The molecule has 1 fully saturated rings. The second kappa shape index (κ2) is 5.77. The van der Waals surface area contributed by atoms with E-state index < -0.39 is 6.10 Å². The van der Waals surface area contributed by atoms with E-state index in [-0.39, 0.29) is 24.3 Å². The second-order valence-corrected chi connectivity index (χ2v) is 6.08. The number of hydrogen-bond donors (Lipinski definition) is 1. The SMILES string of the molecule is Cc1nn(C)c(C)c1C(=O)N1C[C@H](O)C[C@@H]1c1ccc(F)cc1. The van der Waals surface area contributed by atoms with Crippen LogP contribution in [0.25, 0.3) is 0 Å². The Balaban J connectivity index is 1.96. The first-order chi connectivity index (χ1) is 10.9. The zero-order valence-corrected chi connectivity index (χ0v) is 13.5. The van der Waals surface area contributed by atoms with Crippen molar-refractivity contribution in [3.05, 3.63) is 52.6 Å². The van der Waals surface area contributed by atoms with E-state index in [1.165, 1.54) is 12.1 Å². The zero-order valence-electron chi connectivity index (χ0n) is 13.5. The normalized spacial score (nSPS) is 21.0. The number of halogens is 1. The Labute approximate surface area is 134 Å². The van der Waals surface area contributed by atoms with Crippen molar-refractivity contribution >= 4 is 5.91 Å². The fraction of sp³-hybridized carbons (Fsp3) is 0.412. The fourth-order valence-electron chi connectivity index (χ4n) is 3.27. The van der Waals surface area contributed by atoms with Crippen molar-refractivity contribution in [3.8, 4) is 0 Å². The highest BCUT2D eigenvalue weighted by Gasteiger charge is 2.37. The molecule has 0 saturated carbocycles. The van der Waals surface area contributed by atoms with Crippen LogP contribution < -0.4 is 0 Å². The predicted octanol–water partition coefficient (Wildman–Crippen LogP) is 2.12. The highest BCUT2D eigenvalue weighted by atomic mass is 19.1. The fourth-order valence-corrected chi connectivity index (χ4v) is 3.27. The van der Waals surface area contributed by atoms with Crippen LogP contribution in [0.15, 0.2) is 24.3 Å². The number of amides is 1. The number of β-amino-alcohol motifs (C(OH)–C–C–N with tert-alkyl or cyclic N) is 1. The molecule has 3 rings (SSSR count). The molecule has 6 heteroatoms. The van der Waals surface area contributed by atoms with Crippen LogP contribution in [0, 0.1) is 19.7 Å². The summed E-state index contributed by atoms with van der Waals surface area (Å²) in [4.78, 5) is 14.6. The number of carbonyl (C=O) groups excluding carboxylic acids is 1. The van der Waals surface area contributed by atoms with Gasteiger partial charge in [-0.05, 0) is 38.0 Å². The molecule has 122 valence electrons. The summed E-state index contributed by atoms with van der Waals surface area (Å²) in [6, 6.07) is 5.84. The average molecular weight is 317 g/mol. The number of hydrogen-bond acceptors (Lipinski definition) is 3. The van der Waals surface area contributed by atoms with Gasteiger partial charge in [0.15, 0.2) is 0 Å². The number of aromatic nitrogens is 2. The Hall–Kier alpha value is -2.21. The molecular weight excluding hydrogens is 297 g/mol. The van der Waals surface area contributed by atoms with Crippen LogP contribution in [0.1, 0.15) is 39.8 Å². The first kappa shape index (κ1) is 15.7. The molecular formula is C17H20FN3O2. The highest BCUT2D eigenvalue weighted by molar-refractivity contribution is 5.97. The lowest BCUT2D eigenvalue weighted by atomic mass is 10.0. The smallest absolute Gasteiger partial charge is 0.258 e. The maximum absolute atomic E-state index is 13.1. The molecule has 5 nitrogen and oxygen atoms in total. The molecule has 0 spiro atoms. The third-order valence-electron chi connectivity index (χ3n) is 4.52. The van der Waals surface area contributed by atoms with Crippen LogP contribution in [0.2, 0.25) is 0 Å². The van der Waals surface area contributed by atoms with Crippen LogP contribution in [0.5, 0.6) is 0 Å². The van der Waals surface area contributed by atoms with Gasteiger partial charge in [-0.25, -0.2) is 4.39 Å². The van der Waals surface area contributed by atoms with E-state index in [4.69, 9.17) is 0 Å². The lowest BCUT2D eigenvalue weighted by molar-refractivity contribution is 0.0714. The van der Waals surface area contributed by atoms with Gasteiger partial charge in [-0.1, -0.05) is 12.1 Å². The third kappa shape index (κ3) is 2.74. The van der Waals surface area contributed by atoms with Crippen LogP contribution in [-0.2, 0) is 7.05 Å². The lowest BCUT2D eigenvalue weighted by Crippen LogP contribution is -2.32. The van der Waals surface area contributed by atoms with Crippen molar-refractivity contribution in [3.63, 3.8) is 0 Å². The summed E-state index contributed by atoms with van der Waals surface area (Å²) in [5, 5.41) is 14.3. The molecule has 1 aliphatic rings. The van der Waals surface area contributed by atoms with Gasteiger partial charge in [0.25, 0.3) is 5.91 Å². The number of nitrogens with zero attached hydrogens (tertiary/aromatic N) is 3. The monoisotopic (exact) mass is 317 g/mol. The Morgan fingerprint density at radius 3 is 2.52 bits per heavy atom. The largest absolute Gasteiger partial charge is 0.391 e. The van der Waals surface area contributed by atoms with Gasteiger partial charge >= 0.3 is 0 Å². The number of likely N-dealkylation sites (tertiary alicyclic amines) is 1. The van der Waals surface area contributed by atoms with Crippen molar-refractivity contribution in [2.75, 3.05) is 6.54 Å². The standard InChI is InChI=1S/C17H20FN3O2/c1-10-16(11(2)20(3)19-10)17(23)21-9-14(22)8-15(21)12-4-6-13(18)7-5-12/h4-7,14-15,22H,8-9H2,1-3H3/t14-,15-/m1/s1. The van der Waals surface area contributed by atoms with Crippen LogP contribution >= 0.6 is 0 Å². The Bertz CT molecular complexity index is 739. The van der Waals surface area contributed by atoms with E-state index in [1.807, 2.05) is 6.92 Å². The van der Waals surface area contributed by atoms with Gasteiger partial charge in [0, 0.05) is 19.3 Å². The molecule has 23 heavy (non-hydrogen) atoms. The number of aliphatic hydroxyl groups excluding tert-OH is 1. The highest BCUT2D eigenvalue weighted by Crippen LogP contribution is 2.34. The Morgan fingerprint density at radius 2 is 1.96 bits per heavy atom. The molecule has 0 bridgehead atoms. The number of benzene rings is 1. The van der Waals surface area contributed by atoms with Gasteiger partial charge in [-0.3, -0.25) is 9.48 Å². The summed E-state index contributed by atoms with van der Waals surface area (Å²) in [7, 11) is 1.80. The summed E-state index contributed by atoms with van der Waals surface area (Å²) < 4.78 is 14.8. The predicted molar refractivity (Wildman–Crippen MR) is 83.5 cm³/mol. The summed E-state index contributed by atoms with van der Waals surface area (Å²) >= 11 is 0. The Kier molecular flexibility index (Phi) is 3.93. The molecule has 0 aliphatic carbocycles. The van der Waals surface area contributed by atoms with Crippen molar-refractivity contribution in [1.82, 2.24) is 14.7 Å². The van der Waals surface area contributed by atoms with Gasteiger partial charge in [0.2, 0.25) is 0 Å². The number of rotatable bonds is 2. The first-order valence-corrected chi connectivity index (χ1v) is 7.63. The molecule has 2 aromatic rings. The van der Waals surface area contributed by atoms with Gasteiger partial charge < -0.3 is 10.0 Å². The molecule has 1 amide bonds. The summed E-state index contributed by atoms with van der Waals surface area (Å²) in [6.45, 7) is 3.93. The van der Waals surface area contributed by atoms with E-state index >= 15 is 0 Å².